The third-order valence-electron chi connectivity index (χ3n) is 5.77. The lowest BCUT2D eigenvalue weighted by molar-refractivity contribution is -0.384. The highest BCUT2D eigenvalue weighted by molar-refractivity contribution is 7.10. The first-order valence-corrected chi connectivity index (χ1v) is 12.2. The van der Waals surface area contributed by atoms with Gasteiger partial charge in [0.25, 0.3) is 11.6 Å². The van der Waals surface area contributed by atoms with E-state index in [-0.39, 0.29) is 34.7 Å². The van der Waals surface area contributed by atoms with Crippen molar-refractivity contribution in [1.82, 2.24) is 14.9 Å². The molecule has 8 nitrogen and oxygen atoms in total. The number of likely N-dealkylation sites (tertiary alicyclic amines) is 1. The summed E-state index contributed by atoms with van der Waals surface area (Å²) in [5, 5.41) is 13.9. The molecule has 1 amide bonds. The Labute approximate surface area is 212 Å². The summed E-state index contributed by atoms with van der Waals surface area (Å²) in [6.45, 7) is 2.46. The summed E-state index contributed by atoms with van der Waals surface area (Å²) in [7, 11) is 0. The number of ether oxygens (including phenoxy) is 1. The number of benzene rings is 1. The van der Waals surface area contributed by atoms with Gasteiger partial charge in [0.05, 0.1) is 27.8 Å². The van der Waals surface area contributed by atoms with Crippen LogP contribution in [0, 0.1) is 10.1 Å². The average molecular weight is 541 g/mol. The number of alkyl halides is 3. The number of nitro groups is 1. The molecular formula is C23H20ClF3N4O4S. The number of halogens is 4. The molecule has 0 bridgehead atoms. The molecule has 3 aromatic rings. The molecule has 0 spiro atoms. The van der Waals surface area contributed by atoms with Crippen LogP contribution in [0.15, 0.2) is 35.8 Å². The highest BCUT2D eigenvalue weighted by atomic mass is 35.5. The minimum Gasteiger partial charge on any atom is -0.491 e. The fourth-order valence-electron chi connectivity index (χ4n) is 3.92. The van der Waals surface area contributed by atoms with Gasteiger partial charge in [-0.25, -0.2) is 9.97 Å². The number of hydrogen-bond acceptors (Lipinski definition) is 7. The molecule has 1 saturated heterocycles. The van der Waals surface area contributed by atoms with Crippen molar-refractivity contribution >= 4 is 34.5 Å². The molecule has 1 aliphatic rings. The lowest BCUT2D eigenvalue weighted by Gasteiger charge is -2.31. The molecule has 36 heavy (non-hydrogen) atoms. The third kappa shape index (κ3) is 5.44. The number of nitro benzene ring substituents is 1. The average Bonchev–Trinajstić information content (AvgIpc) is 3.34. The van der Waals surface area contributed by atoms with Crippen LogP contribution >= 0.6 is 22.9 Å². The van der Waals surface area contributed by atoms with Gasteiger partial charge in [-0.2, -0.15) is 13.2 Å². The zero-order valence-electron chi connectivity index (χ0n) is 18.9. The minimum atomic E-state index is -4.59. The normalized spacial score (nSPS) is 14.6. The SMILES string of the molecule is CCOc1cc(C(F)(F)F)cnc1C(=O)N1CCC(c2nc(-c3ccc(Cl)c([N+](=O)[O-])c3)cs2)CC1. The molecule has 4 rings (SSSR count). The summed E-state index contributed by atoms with van der Waals surface area (Å²) in [5.41, 5.74) is -0.142. The standard InChI is InChI=1S/C23H20ClF3N4O4S/c1-2-35-19-10-15(23(25,26)27)11-28-20(19)22(32)30-7-5-13(6-8-30)21-29-17(12-36-21)14-3-4-16(24)18(9-14)31(33)34/h3-4,9-13H,2,5-8H2,1H3. The van der Waals surface area contributed by atoms with Crippen molar-refractivity contribution in [2.45, 2.75) is 31.9 Å². The summed E-state index contributed by atoms with van der Waals surface area (Å²) in [5.74, 6) is -0.609. The van der Waals surface area contributed by atoms with Gasteiger partial charge in [0.15, 0.2) is 11.4 Å². The molecule has 190 valence electrons. The van der Waals surface area contributed by atoms with E-state index >= 15 is 0 Å². The number of hydrogen-bond donors (Lipinski definition) is 0. The molecule has 0 radical (unpaired) electrons. The first-order chi connectivity index (χ1) is 17.1. The lowest BCUT2D eigenvalue weighted by atomic mass is 9.97. The van der Waals surface area contributed by atoms with Crippen LogP contribution < -0.4 is 4.74 Å². The molecule has 13 heteroatoms. The molecule has 0 unspecified atom stereocenters. The van der Waals surface area contributed by atoms with E-state index in [0.717, 1.165) is 11.1 Å². The smallest absolute Gasteiger partial charge is 0.418 e. The molecule has 1 fully saturated rings. The quantitative estimate of drug-likeness (QED) is 0.272. The van der Waals surface area contributed by atoms with Gasteiger partial charge >= 0.3 is 6.18 Å². The first-order valence-electron chi connectivity index (χ1n) is 11.0. The van der Waals surface area contributed by atoms with Crippen molar-refractivity contribution in [3.63, 3.8) is 0 Å². The van der Waals surface area contributed by atoms with E-state index in [4.69, 9.17) is 16.3 Å². The third-order valence-corrected chi connectivity index (χ3v) is 7.10. The maximum absolute atomic E-state index is 13.1. The Hall–Kier alpha value is -3.25. The van der Waals surface area contributed by atoms with Crippen LogP contribution in [0.4, 0.5) is 18.9 Å². The molecule has 0 saturated carbocycles. The second-order valence-electron chi connectivity index (χ2n) is 8.06. The van der Waals surface area contributed by atoms with Crippen LogP contribution in [0.2, 0.25) is 5.02 Å². The summed E-state index contributed by atoms with van der Waals surface area (Å²) in [6.07, 6.45) is -2.75. The van der Waals surface area contributed by atoms with Crippen LogP contribution in [0.25, 0.3) is 11.3 Å². The van der Waals surface area contributed by atoms with Crippen LogP contribution in [-0.2, 0) is 6.18 Å². The number of pyridine rings is 1. The number of amides is 1. The van der Waals surface area contributed by atoms with Crippen molar-refractivity contribution < 1.29 is 27.6 Å². The summed E-state index contributed by atoms with van der Waals surface area (Å²) >= 11 is 7.32. The fourth-order valence-corrected chi connectivity index (χ4v) is 5.11. The van der Waals surface area contributed by atoms with E-state index in [9.17, 15) is 28.1 Å². The number of carbonyl (C=O) groups excluding carboxylic acids is 1. The van der Waals surface area contributed by atoms with Gasteiger partial charge in [-0.1, -0.05) is 17.7 Å². The second kappa shape index (κ2) is 10.4. The maximum atomic E-state index is 13.1. The molecule has 0 atom stereocenters. The molecule has 0 N–H and O–H groups in total. The molecule has 2 aromatic heterocycles. The van der Waals surface area contributed by atoms with Crippen molar-refractivity contribution in [2.75, 3.05) is 19.7 Å². The lowest BCUT2D eigenvalue weighted by Crippen LogP contribution is -2.38. The van der Waals surface area contributed by atoms with Gasteiger partial charge in [0.2, 0.25) is 0 Å². The van der Waals surface area contributed by atoms with E-state index in [1.54, 1.807) is 17.9 Å². The largest absolute Gasteiger partial charge is 0.491 e. The highest BCUT2D eigenvalue weighted by Crippen LogP contribution is 2.36. The maximum Gasteiger partial charge on any atom is 0.418 e. The summed E-state index contributed by atoms with van der Waals surface area (Å²) in [6, 6.07) is 5.32. The predicted molar refractivity (Wildman–Crippen MR) is 128 cm³/mol. The first kappa shape index (κ1) is 25.8. The van der Waals surface area contributed by atoms with Crippen molar-refractivity contribution in [3.05, 3.63) is 67.2 Å². The minimum absolute atomic E-state index is 0.0475. The van der Waals surface area contributed by atoms with Gasteiger partial charge in [-0.15, -0.1) is 11.3 Å². The van der Waals surface area contributed by atoms with E-state index < -0.39 is 22.6 Å². The Morgan fingerprint density at radius 1 is 1.31 bits per heavy atom. The van der Waals surface area contributed by atoms with Gasteiger partial charge in [-0.05, 0) is 31.9 Å². The van der Waals surface area contributed by atoms with Crippen molar-refractivity contribution in [2.24, 2.45) is 0 Å². The van der Waals surface area contributed by atoms with Crippen molar-refractivity contribution in [3.8, 4) is 17.0 Å². The van der Waals surface area contributed by atoms with Crippen LogP contribution in [-0.4, -0.2) is 45.4 Å². The number of piperidine rings is 1. The highest BCUT2D eigenvalue weighted by Gasteiger charge is 2.34. The Morgan fingerprint density at radius 2 is 2.03 bits per heavy atom. The summed E-state index contributed by atoms with van der Waals surface area (Å²) in [4.78, 5) is 33.6. The Balaban J connectivity index is 1.45. The molecule has 3 heterocycles. The Bertz CT molecular complexity index is 1290. The second-order valence-corrected chi connectivity index (χ2v) is 9.36. The Morgan fingerprint density at radius 3 is 2.67 bits per heavy atom. The molecular weight excluding hydrogens is 521 g/mol. The van der Waals surface area contributed by atoms with E-state index in [1.165, 1.54) is 23.5 Å². The van der Waals surface area contributed by atoms with Gasteiger partial charge < -0.3 is 9.64 Å². The fraction of sp³-hybridized carbons (Fsp3) is 0.348. The molecule has 1 aliphatic heterocycles. The van der Waals surface area contributed by atoms with E-state index in [1.807, 2.05) is 5.38 Å². The molecule has 1 aromatic carbocycles. The van der Waals surface area contributed by atoms with Crippen LogP contribution in [0.5, 0.6) is 5.75 Å². The van der Waals surface area contributed by atoms with Crippen molar-refractivity contribution in [1.29, 1.82) is 0 Å². The van der Waals surface area contributed by atoms with Crippen LogP contribution in [0.3, 0.4) is 0 Å². The predicted octanol–water partition coefficient (Wildman–Crippen LogP) is 6.20. The monoisotopic (exact) mass is 540 g/mol. The number of aromatic nitrogens is 2. The summed E-state index contributed by atoms with van der Waals surface area (Å²) < 4.78 is 44.4. The van der Waals surface area contributed by atoms with Gasteiger partial charge in [0, 0.05) is 42.2 Å². The number of carbonyl (C=O) groups is 1. The zero-order chi connectivity index (χ0) is 26.0. The van der Waals surface area contributed by atoms with E-state index in [0.29, 0.717) is 43.4 Å². The molecule has 0 aliphatic carbocycles. The topological polar surface area (TPSA) is 98.5 Å². The van der Waals surface area contributed by atoms with E-state index in [2.05, 4.69) is 9.97 Å². The van der Waals surface area contributed by atoms with Gasteiger partial charge in [-0.3, -0.25) is 14.9 Å². The zero-order valence-corrected chi connectivity index (χ0v) is 20.5. The Kier molecular flexibility index (Phi) is 7.46. The van der Waals surface area contributed by atoms with Crippen LogP contribution in [0.1, 0.15) is 46.7 Å². The number of rotatable bonds is 6. The number of nitrogens with zero attached hydrogens (tertiary/aromatic N) is 4. The van der Waals surface area contributed by atoms with Gasteiger partial charge in [0.1, 0.15) is 5.02 Å². The number of thiazole rings is 1.